The van der Waals surface area contributed by atoms with Crippen molar-refractivity contribution in [1.82, 2.24) is 10.2 Å². The highest BCUT2D eigenvalue weighted by Crippen LogP contribution is 2.59. The SMILES string of the molecule is CCC(=O)NC1CC(C(=O)N2CCC3(c4cccc(C(C)(C)C)c4)CC3C2)C1. The molecule has 1 N–H and O–H groups in total. The molecule has 1 aromatic rings. The molecular formula is C24H34N2O2. The highest BCUT2D eigenvalue weighted by atomic mass is 16.2. The highest BCUT2D eigenvalue weighted by molar-refractivity contribution is 5.81. The zero-order valence-electron chi connectivity index (χ0n) is 17.8. The summed E-state index contributed by atoms with van der Waals surface area (Å²) < 4.78 is 0. The van der Waals surface area contributed by atoms with E-state index >= 15 is 0 Å². The van der Waals surface area contributed by atoms with E-state index in [1.54, 1.807) is 0 Å². The number of carbonyl (C=O) groups excluding carboxylic acids is 2. The molecule has 2 atom stereocenters. The number of benzene rings is 1. The van der Waals surface area contributed by atoms with Crippen LogP contribution in [0.15, 0.2) is 24.3 Å². The number of amides is 2. The van der Waals surface area contributed by atoms with Gasteiger partial charge in [-0.2, -0.15) is 0 Å². The van der Waals surface area contributed by atoms with Gasteiger partial charge in [0.15, 0.2) is 0 Å². The van der Waals surface area contributed by atoms with Crippen LogP contribution in [-0.4, -0.2) is 35.8 Å². The summed E-state index contributed by atoms with van der Waals surface area (Å²) in [6.45, 7) is 10.4. The number of piperidine rings is 1. The average Bonchev–Trinajstić information content (AvgIpc) is 3.38. The summed E-state index contributed by atoms with van der Waals surface area (Å²) in [7, 11) is 0. The van der Waals surface area contributed by atoms with Crippen LogP contribution < -0.4 is 5.32 Å². The van der Waals surface area contributed by atoms with E-state index in [1.165, 1.54) is 17.5 Å². The number of likely N-dealkylation sites (tertiary alicyclic amines) is 1. The predicted octanol–water partition coefficient (Wildman–Crippen LogP) is 3.78. The number of carbonyl (C=O) groups is 2. The largest absolute Gasteiger partial charge is 0.353 e. The summed E-state index contributed by atoms with van der Waals surface area (Å²) in [5.41, 5.74) is 3.35. The minimum atomic E-state index is 0.0918. The molecule has 1 saturated heterocycles. The number of nitrogens with one attached hydrogen (secondary N) is 1. The number of fused-ring (bicyclic) bond motifs is 1. The van der Waals surface area contributed by atoms with Gasteiger partial charge >= 0.3 is 0 Å². The lowest BCUT2D eigenvalue weighted by atomic mass is 9.78. The monoisotopic (exact) mass is 382 g/mol. The van der Waals surface area contributed by atoms with Gasteiger partial charge in [0.05, 0.1) is 0 Å². The van der Waals surface area contributed by atoms with E-state index in [4.69, 9.17) is 0 Å². The molecule has 152 valence electrons. The van der Waals surface area contributed by atoms with Gasteiger partial charge in [0.1, 0.15) is 0 Å². The third kappa shape index (κ3) is 3.46. The average molecular weight is 383 g/mol. The van der Waals surface area contributed by atoms with E-state index in [-0.39, 0.29) is 23.3 Å². The number of hydrogen-bond acceptors (Lipinski definition) is 2. The van der Waals surface area contributed by atoms with Crippen LogP contribution in [0.2, 0.25) is 0 Å². The van der Waals surface area contributed by atoms with Crippen molar-refractivity contribution in [2.75, 3.05) is 13.1 Å². The molecule has 1 aromatic carbocycles. The Morgan fingerprint density at radius 2 is 2.00 bits per heavy atom. The van der Waals surface area contributed by atoms with Crippen molar-refractivity contribution in [2.45, 2.75) is 76.7 Å². The minimum absolute atomic E-state index is 0.0918. The van der Waals surface area contributed by atoms with Crippen LogP contribution >= 0.6 is 0 Å². The molecule has 3 aliphatic rings. The van der Waals surface area contributed by atoms with Gasteiger partial charge in [0.25, 0.3) is 0 Å². The van der Waals surface area contributed by atoms with Crippen molar-refractivity contribution < 1.29 is 9.59 Å². The second-order valence-electron chi connectivity index (χ2n) is 10.2. The van der Waals surface area contributed by atoms with Crippen molar-refractivity contribution in [3.05, 3.63) is 35.4 Å². The summed E-state index contributed by atoms with van der Waals surface area (Å²) in [5, 5.41) is 3.01. The van der Waals surface area contributed by atoms with Gasteiger partial charge in [0, 0.05) is 36.9 Å². The first-order chi connectivity index (χ1) is 13.2. The van der Waals surface area contributed by atoms with Gasteiger partial charge in [-0.25, -0.2) is 0 Å². The lowest BCUT2D eigenvalue weighted by Crippen LogP contribution is -2.52. The molecule has 1 heterocycles. The standard InChI is InChI=1S/C24H34N2O2/c1-5-21(27)25-20-11-16(12-20)22(28)26-10-9-24(14-19(24)15-26)18-8-6-7-17(13-18)23(2,3)4/h6-8,13,16,19-20H,5,9-12,14-15H2,1-4H3,(H,25,27). The Hall–Kier alpha value is -1.84. The van der Waals surface area contributed by atoms with Crippen LogP contribution in [0.4, 0.5) is 0 Å². The number of hydrogen-bond donors (Lipinski definition) is 1. The third-order valence-corrected chi connectivity index (χ3v) is 7.29. The van der Waals surface area contributed by atoms with Gasteiger partial charge in [-0.05, 0) is 48.1 Å². The molecule has 2 saturated carbocycles. The Labute approximate surface area is 169 Å². The molecule has 4 nitrogen and oxygen atoms in total. The Morgan fingerprint density at radius 3 is 2.64 bits per heavy atom. The quantitative estimate of drug-likeness (QED) is 0.862. The number of nitrogens with zero attached hydrogens (tertiary/aromatic N) is 1. The van der Waals surface area contributed by atoms with Gasteiger partial charge in [0.2, 0.25) is 11.8 Å². The summed E-state index contributed by atoms with van der Waals surface area (Å²) in [6, 6.07) is 9.34. The van der Waals surface area contributed by atoms with E-state index in [0.717, 1.165) is 32.4 Å². The van der Waals surface area contributed by atoms with Crippen LogP contribution in [0.3, 0.4) is 0 Å². The molecule has 0 radical (unpaired) electrons. The number of rotatable bonds is 4. The first-order valence-corrected chi connectivity index (χ1v) is 10.9. The van der Waals surface area contributed by atoms with Crippen molar-refractivity contribution in [1.29, 1.82) is 0 Å². The van der Waals surface area contributed by atoms with E-state index in [0.29, 0.717) is 23.7 Å². The second kappa shape index (κ2) is 6.89. The summed E-state index contributed by atoms with van der Waals surface area (Å²) >= 11 is 0. The highest BCUT2D eigenvalue weighted by Gasteiger charge is 2.58. The van der Waals surface area contributed by atoms with E-state index in [2.05, 4.69) is 55.3 Å². The molecule has 3 fully saturated rings. The fraction of sp³-hybridized carbons (Fsp3) is 0.667. The van der Waals surface area contributed by atoms with Crippen molar-refractivity contribution in [2.24, 2.45) is 11.8 Å². The Bertz CT molecular complexity index is 775. The molecule has 2 unspecified atom stereocenters. The molecule has 28 heavy (non-hydrogen) atoms. The fourth-order valence-electron chi connectivity index (χ4n) is 5.14. The maximum Gasteiger partial charge on any atom is 0.225 e. The van der Waals surface area contributed by atoms with Crippen LogP contribution in [-0.2, 0) is 20.4 Å². The Morgan fingerprint density at radius 1 is 1.25 bits per heavy atom. The van der Waals surface area contributed by atoms with Crippen LogP contribution in [0, 0.1) is 11.8 Å². The molecule has 4 heteroatoms. The summed E-state index contributed by atoms with van der Waals surface area (Å²) in [4.78, 5) is 26.5. The Kier molecular flexibility index (Phi) is 4.79. The fourth-order valence-corrected chi connectivity index (χ4v) is 5.14. The maximum absolute atomic E-state index is 12.9. The molecule has 2 aliphatic carbocycles. The van der Waals surface area contributed by atoms with Crippen LogP contribution in [0.25, 0.3) is 0 Å². The van der Waals surface area contributed by atoms with Crippen LogP contribution in [0.1, 0.15) is 70.9 Å². The second-order valence-corrected chi connectivity index (χ2v) is 10.2. The van der Waals surface area contributed by atoms with Crippen LogP contribution in [0.5, 0.6) is 0 Å². The maximum atomic E-state index is 12.9. The predicted molar refractivity (Wildman–Crippen MR) is 111 cm³/mol. The Balaban J connectivity index is 1.34. The molecule has 0 bridgehead atoms. The summed E-state index contributed by atoms with van der Waals surface area (Å²) in [6.07, 6.45) is 4.43. The minimum Gasteiger partial charge on any atom is -0.353 e. The molecular weight excluding hydrogens is 348 g/mol. The van der Waals surface area contributed by atoms with Gasteiger partial charge in [-0.1, -0.05) is 52.0 Å². The molecule has 4 rings (SSSR count). The van der Waals surface area contributed by atoms with E-state index in [1.807, 2.05) is 6.92 Å². The molecule has 0 spiro atoms. The molecule has 0 aromatic heterocycles. The van der Waals surface area contributed by atoms with Crippen molar-refractivity contribution >= 4 is 11.8 Å². The zero-order chi connectivity index (χ0) is 20.1. The molecule has 1 aliphatic heterocycles. The third-order valence-electron chi connectivity index (χ3n) is 7.29. The van der Waals surface area contributed by atoms with Gasteiger partial charge < -0.3 is 10.2 Å². The molecule has 2 amide bonds. The first-order valence-electron chi connectivity index (χ1n) is 10.9. The summed E-state index contributed by atoms with van der Waals surface area (Å²) in [5.74, 6) is 1.12. The van der Waals surface area contributed by atoms with E-state index < -0.39 is 0 Å². The first kappa shape index (κ1) is 19.5. The van der Waals surface area contributed by atoms with E-state index in [9.17, 15) is 9.59 Å². The zero-order valence-corrected chi connectivity index (χ0v) is 17.8. The smallest absolute Gasteiger partial charge is 0.225 e. The van der Waals surface area contributed by atoms with Gasteiger partial charge in [-0.3, -0.25) is 9.59 Å². The normalized spacial score (nSPS) is 31.6. The topological polar surface area (TPSA) is 49.4 Å². The lowest BCUT2D eigenvalue weighted by Gasteiger charge is -2.40. The van der Waals surface area contributed by atoms with Crippen molar-refractivity contribution in [3.63, 3.8) is 0 Å². The van der Waals surface area contributed by atoms with Gasteiger partial charge in [-0.15, -0.1) is 0 Å². The lowest BCUT2D eigenvalue weighted by molar-refractivity contribution is -0.141. The van der Waals surface area contributed by atoms with Crippen molar-refractivity contribution in [3.8, 4) is 0 Å².